The Hall–Kier alpha value is -3.32. The van der Waals surface area contributed by atoms with Gasteiger partial charge < -0.3 is 14.9 Å². The average Bonchev–Trinajstić information content (AvgIpc) is 3.22. The summed E-state index contributed by atoms with van der Waals surface area (Å²) < 4.78 is 79.6. The lowest BCUT2D eigenvalue weighted by atomic mass is 9.90. The van der Waals surface area contributed by atoms with Crippen LogP contribution in [0.2, 0.25) is 0 Å². The lowest BCUT2D eigenvalue weighted by Crippen LogP contribution is -2.53. The number of ether oxygens (including phenoxy) is 1. The van der Waals surface area contributed by atoms with E-state index in [9.17, 15) is 21.6 Å². The molecule has 4 rings (SSSR count). The molecule has 34 heavy (non-hydrogen) atoms. The molecular formula is C22H19FN2O7S2. The molecule has 12 heteroatoms. The number of carbonyl (C=O) groups excluding carboxylic acids is 1. The molecule has 0 radical (unpaired) electrons. The summed E-state index contributed by atoms with van der Waals surface area (Å²) in [5.74, 6) is -1.29. The Labute approximate surface area is 194 Å². The molecule has 3 aromatic rings. The summed E-state index contributed by atoms with van der Waals surface area (Å²) in [7, 11) is -8.70. The molecule has 0 saturated carbocycles. The number of methoxy groups -OCH3 is 1. The zero-order valence-electron chi connectivity index (χ0n) is 17.6. The molecule has 1 amide bonds. The van der Waals surface area contributed by atoms with Gasteiger partial charge in [-0.2, -0.15) is 0 Å². The first kappa shape index (κ1) is 23.8. The van der Waals surface area contributed by atoms with Crippen LogP contribution < -0.4 is 10.9 Å². The fourth-order valence-electron chi connectivity index (χ4n) is 3.97. The number of fused-ring (bicyclic) bond motifs is 1. The summed E-state index contributed by atoms with van der Waals surface area (Å²) in [5.41, 5.74) is 4.69. The molecule has 0 fully saturated rings. The van der Waals surface area contributed by atoms with Crippen molar-refractivity contribution in [1.29, 1.82) is 0 Å². The lowest BCUT2D eigenvalue weighted by molar-refractivity contribution is -0.115. The second kappa shape index (κ2) is 8.17. The van der Waals surface area contributed by atoms with Gasteiger partial charge in [-0.1, -0.05) is 36.4 Å². The van der Waals surface area contributed by atoms with E-state index >= 15 is 4.39 Å². The fraction of sp³-hybridized carbons (Fsp3) is 0.136. The molecule has 0 bridgehead atoms. The topological polar surface area (TPSA) is 160 Å². The van der Waals surface area contributed by atoms with Crippen LogP contribution in [-0.2, 0) is 29.4 Å². The van der Waals surface area contributed by atoms with Gasteiger partial charge >= 0.3 is 0 Å². The summed E-state index contributed by atoms with van der Waals surface area (Å²) in [6, 6.07) is 12.7. The Morgan fingerprint density at radius 3 is 2.24 bits per heavy atom. The zero-order chi connectivity index (χ0) is 24.9. The number of primary sulfonamides is 1. The molecule has 0 spiro atoms. The molecule has 2 aromatic carbocycles. The highest BCUT2D eigenvalue weighted by Crippen LogP contribution is 2.48. The van der Waals surface area contributed by atoms with Crippen molar-refractivity contribution in [3.05, 3.63) is 78.1 Å². The molecule has 1 aliphatic rings. The van der Waals surface area contributed by atoms with Gasteiger partial charge in [0.1, 0.15) is 16.2 Å². The summed E-state index contributed by atoms with van der Waals surface area (Å²) in [4.78, 5) is 7.43. The second-order valence-corrected chi connectivity index (χ2v) is 11.0. The molecule has 4 N–H and O–H groups in total. The van der Waals surface area contributed by atoms with Crippen molar-refractivity contribution in [3.63, 3.8) is 0 Å². The van der Waals surface area contributed by atoms with Crippen LogP contribution >= 0.6 is 0 Å². The first-order valence-corrected chi connectivity index (χ1v) is 12.7. The van der Waals surface area contributed by atoms with E-state index in [1.807, 2.05) is 0 Å². The number of para-hydroxylation sites is 1. The van der Waals surface area contributed by atoms with E-state index in [1.54, 1.807) is 24.3 Å². The quantitative estimate of drug-likeness (QED) is 0.517. The number of primary amides is 1. The van der Waals surface area contributed by atoms with E-state index in [0.29, 0.717) is 11.0 Å². The number of rotatable bonds is 6. The number of halogens is 1. The molecule has 178 valence electrons. The first-order valence-electron chi connectivity index (χ1n) is 9.72. The van der Waals surface area contributed by atoms with Crippen molar-refractivity contribution in [1.82, 2.24) is 0 Å². The minimum absolute atomic E-state index is 0.0675. The van der Waals surface area contributed by atoms with Gasteiger partial charge in [-0.25, -0.2) is 26.4 Å². The van der Waals surface area contributed by atoms with Gasteiger partial charge in [0.25, 0.3) is 0 Å². The van der Waals surface area contributed by atoms with Crippen molar-refractivity contribution in [2.24, 2.45) is 10.9 Å². The van der Waals surface area contributed by atoms with Crippen molar-refractivity contribution in [2.75, 3.05) is 7.11 Å². The number of alkyl halides is 1. The Morgan fingerprint density at radius 1 is 1.03 bits per heavy atom. The molecule has 2 atom stereocenters. The van der Waals surface area contributed by atoms with Gasteiger partial charge in [-0.05, 0) is 30.3 Å². The van der Waals surface area contributed by atoms with Crippen LogP contribution in [0.15, 0.2) is 86.5 Å². The third-order valence-corrected chi connectivity index (χ3v) is 8.96. The van der Waals surface area contributed by atoms with E-state index in [-0.39, 0.29) is 11.3 Å². The SMILES string of the molecule is COC1(S(=O)(=O)c2ccccc2S(N)(=O)=O)C(c2cc3ccccc3o2)=CC=C(C(N)=O)C1F. The molecule has 0 aliphatic heterocycles. The van der Waals surface area contributed by atoms with E-state index < -0.39 is 52.2 Å². The normalized spacial score (nSPS) is 21.2. The molecule has 1 heterocycles. The predicted octanol–water partition coefficient (Wildman–Crippen LogP) is 2.04. The number of sulfone groups is 1. The second-order valence-electron chi connectivity index (χ2n) is 7.44. The molecule has 9 nitrogen and oxygen atoms in total. The maximum absolute atomic E-state index is 16.1. The molecule has 0 saturated heterocycles. The fourth-order valence-corrected chi connectivity index (χ4v) is 7.25. The minimum atomic E-state index is -5.07. The lowest BCUT2D eigenvalue weighted by Gasteiger charge is -2.38. The van der Waals surface area contributed by atoms with Crippen molar-refractivity contribution >= 4 is 42.3 Å². The van der Waals surface area contributed by atoms with Crippen molar-refractivity contribution in [2.45, 2.75) is 20.9 Å². The highest BCUT2D eigenvalue weighted by Gasteiger charge is 2.60. The number of sulfonamides is 1. The highest BCUT2D eigenvalue weighted by atomic mass is 32.2. The molecule has 1 aromatic heterocycles. The van der Waals surface area contributed by atoms with Gasteiger partial charge in [0.2, 0.25) is 30.7 Å². The van der Waals surface area contributed by atoms with Crippen molar-refractivity contribution < 1.29 is 35.2 Å². The van der Waals surface area contributed by atoms with Gasteiger partial charge in [-0.15, -0.1) is 0 Å². The maximum Gasteiger partial charge on any atom is 0.247 e. The number of hydrogen-bond donors (Lipinski definition) is 2. The Kier molecular flexibility index (Phi) is 5.72. The minimum Gasteiger partial charge on any atom is -0.456 e. The highest BCUT2D eigenvalue weighted by molar-refractivity contribution is 7.95. The van der Waals surface area contributed by atoms with E-state index in [2.05, 4.69) is 0 Å². The van der Waals surface area contributed by atoms with Crippen LogP contribution in [-0.4, -0.2) is 41.0 Å². The van der Waals surface area contributed by atoms with Crippen molar-refractivity contribution in [3.8, 4) is 0 Å². The zero-order valence-corrected chi connectivity index (χ0v) is 19.3. The number of furan rings is 1. The summed E-state index contributed by atoms with van der Waals surface area (Å²) in [6.07, 6.45) is -0.454. The Bertz CT molecular complexity index is 1560. The van der Waals surface area contributed by atoms with Gasteiger partial charge in [0, 0.05) is 18.1 Å². The number of amides is 1. The van der Waals surface area contributed by atoms with E-state index in [4.69, 9.17) is 20.0 Å². The molecule has 1 aliphatic carbocycles. The molecule has 2 unspecified atom stereocenters. The van der Waals surface area contributed by atoms with Gasteiger partial charge in [-0.3, -0.25) is 4.79 Å². The van der Waals surface area contributed by atoms with Gasteiger partial charge in [0.05, 0.1) is 10.5 Å². The van der Waals surface area contributed by atoms with Crippen LogP contribution in [0, 0.1) is 0 Å². The van der Waals surface area contributed by atoms with Crippen LogP contribution in [0.1, 0.15) is 5.76 Å². The smallest absolute Gasteiger partial charge is 0.247 e. The average molecular weight is 507 g/mol. The standard InChI is InChI=1S/C22H19FN2O7S2/c1-31-22(33(27,28)18-8-4-5-9-19(18)34(25,29)30)15(11-10-14(20(22)23)21(24)26)17-12-13-6-2-3-7-16(13)32-17/h2-12,20H,1H3,(H2,24,26)(H2,25,29,30). The number of allylic oxidation sites excluding steroid dienone is 2. The maximum atomic E-state index is 16.1. The molecular weight excluding hydrogens is 487 g/mol. The first-order chi connectivity index (χ1) is 15.9. The van der Waals surface area contributed by atoms with E-state index in [1.165, 1.54) is 18.2 Å². The number of hydrogen-bond acceptors (Lipinski definition) is 7. The third kappa shape index (κ3) is 3.46. The van der Waals surface area contributed by atoms with Crippen LogP contribution in [0.3, 0.4) is 0 Å². The third-order valence-electron chi connectivity index (χ3n) is 5.53. The summed E-state index contributed by atoms with van der Waals surface area (Å²) >= 11 is 0. The number of carbonyl (C=O) groups is 1. The predicted molar refractivity (Wildman–Crippen MR) is 121 cm³/mol. The number of benzene rings is 2. The monoisotopic (exact) mass is 506 g/mol. The summed E-state index contributed by atoms with van der Waals surface area (Å²) in [5, 5.41) is 5.82. The largest absolute Gasteiger partial charge is 0.456 e. The van der Waals surface area contributed by atoms with Crippen LogP contribution in [0.4, 0.5) is 4.39 Å². The van der Waals surface area contributed by atoms with Gasteiger partial charge in [0.15, 0.2) is 6.17 Å². The van der Waals surface area contributed by atoms with Crippen LogP contribution in [0.25, 0.3) is 16.5 Å². The van der Waals surface area contributed by atoms with Crippen LogP contribution in [0.5, 0.6) is 0 Å². The Morgan fingerprint density at radius 2 is 1.65 bits per heavy atom. The number of nitrogens with two attached hydrogens (primary N) is 2. The Balaban J connectivity index is 2.08. The van der Waals surface area contributed by atoms with E-state index in [0.717, 1.165) is 31.4 Å². The summed E-state index contributed by atoms with van der Waals surface area (Å²) in [6.45, 7) is 0.